The quantitative estimate of drug-likeness (QED) is 0.729. The van der Waals surface area contributed by atoms with Crippen LogP contribution in [0.15, 0.2) is 12.1 Å². The summed E-state index contributed by atoms with van der Waals surface area (Å²) >= 11 is 7.18. The van der Waals surface area contributed by atoms with Crippen molar-refractivity contribution in [1.82, 2.24) is 0 Å². The molecule has 2 N–H and O–H groups in total. The van der Waals surface area contributed by atoms with Gasteiger partial charge in [0, 0.05) is 11.3 Å². The molecule has 0 aromatic carbocycles. The molecule has 0 bridgehead atoms. The number of ether oxygens (including phenoxy) is 1. The van der Waals surface area contributed by atoms with Crippen LogP contribution < -0.4 is 5.73 Å². The van der Waals surface area contributed by atoms with Crippen LogP contribution in [0.25, 0.3) is 0 Å². The number of thiophene rings is 1. The lowest BCUT2D eigenvalue weighted by molar-refractivity contribution is -0.142. The van der Waals surface area contributed by atoms with Crippen molar-refractivity contribution < 1.29 is 9.53 Å². The van der Waals surface area contributed by atoms with E-state index >= 15 is 0 Å². The Balaban J connectivity index is 2.16. The molecule has 1 aliphatic rings. The molecule has 0 radical (unpaired) electrons. The first-order valence-corrected chi connectivity index (χ1v) is 5.07. The fraction of sp³-hybridized carbons (Fsp3) is 0.375. The van der Waals surface area contributed by atoms with Gasteiger partial charge < -0.3 is 10.5 Å². The molecule has 2 heterocycles. The van der Waals surface area contributed by atoms with Gasteiger partial charge in [-0.3, -0.25) is 4.79 Å². The first-order valence-electron chi connectivity index (χ1n) is 3.88. The van der Waals surface area contributed by atoms with Crippen LogP contribution in [-0.4, -0.2) is 12.0 Å². The molecule has 0 spiro atoms. The molecule has 1 aromatic heterocycles. The summed E-state index contributed by atoms with van der Waals surface area (Å²) in [6, 6.07) is 3.17. The van der Waals surface area contributed by atoms with E-state index in [1.165, 1.54) is 11.3 Å². The summed E-state index contributed by atoms with van der Waals surface area (Å²) < 4.78 is 5.76. The molecule has 1 fully saturated rings. The highest BCUT2D eigenvalue weighted by Gasteiger charge is 2.33. The number of halogens is 1. The molecule has 2 unspecified atom stereocenters. The normalized spacial score (nSPS) is 27.7. The van der Waals surface area contributed by atoms with Crippen molar-refractivity contribution in [1.29, 1.82) is 0 Å². The van der Waals surface area contributed by atoms with Crippen molar-refractivity contribution in [2.24, 2.45) is 5.73 Å². The second-order valence-corrected chi connectivity index (χ2v) is 4.66. The molecular formula is C8H8ClNO2S. The van der Waals surface area contributed by atoms with E-state index in [-0.39, 0.29) is 12.1 Å². The average Bonchev–Trinajstić information content (AvgIpc) is 2.61. The van der Waals surface area contributed by atoms with Gasteiger partial charge >= 0.3 is 5.97 Å². The minimum Gasteiger partial charge on any atom is -0.455 e. The Kier molecular flexibility index (Phi) is 2.27. The number of carbonyl (C=O) groups is 1. The van der Waals surface area contributed by atoms with Gasteiger partial charge in [0.25, 0.3) is 0 Å². The summed E-state index contributed by atoms with van der Waals surface area (Å²) in [5, 5.41) is 0. The van der Waals surface area contributed by atoms with Gasteiger partial charge in [-0.15, -0.1) is 11.3 Å². The number of hydrogen-bond acceptors (Lipinski definition) is 4. The maximum absolute atomic E-state index is 11.0. The van der Waals surface area contributed by atoms with Crippen molar-refractivity contribution in [3.8, 4) is 0 Å². The summed E-state index contributed by atoms with van der Waals surface area (Å²) in [4.78, 5) is 12.0. The van der Waals surface area contributed by atoms with Gasteiger partial charge in [-0.2, -0.15) is 0 Å². The number of carbonyl (C=O) groups excluding carboxylic acids is 1. The molecular weight excluding hydrogens is 210 g/mol. The Bertz CT molecular complexity index is 339. The smallest absolute Gasteiger partial charge is 0.323 e. The van der Waals surface area contributed by atoms with Crippen LogP contribution in [0.2, 0.25) is 4.34 Å². The maximum Gasteiger partial charge on any atom is 0.323 e. The Hall–Kier alpha value is -0.580. The monoisotopic (exact) mass is 217 g/mol. The molecule has 13 heavy (non-hydrogen) atoms. The van der Waals surface area contributed by atoms with Crippen LogP contribution in [0.1, 0.15) is 17.4 Å². The zero-order valence-electron chi connectivity index (χ0n) is 6.70. The molecule has 1 saturated heterocycles. The maximum atomic E-state index is 11.0. The van der Waals surface area contributed by atoms with Crippen molar-refractivity contribution in [3.05, 3.63) is 21.3 Å². The lowest BCUT2D eigenvalue weighted by Gasteiger charge is -2.04. The predicted molar refractivity (Wildman–Crippen MR) is 50.8 cm³/mol. The highest BCUT2D eigenvalue weighted by atomic mass is 35.5. The topological polar surface area (TPSA) is 52.3 Å². The number of nitrogens with two attached hydrogens (primary N) is 1. The van der Waals surface area contributed by atoms with Crippen LogP contribution in [0.3, 0.4) is 0 Å². The summed E-state index contributed by atoms with van der Waals surface area (Å²) in [6.45, 7) is 0. The second-order valence-electron chi connectivity index (χ2n) is 2.91. The summed E-state index contributed by atoms with van der Waals surface area (Å²) in [5.41, 5.74) is 5.51. The van der Waals surface area contributed by atoms with Crippen LogP contribution in [-0.2, 0) is 9.53 Å². The zero-order valence-corrected chi connectivity index (χ0v) is 8.27. The van der Waals surface area contributed by atoms with Crippen LogP contribution in [0.4, 0.5) is 0 Å². The third kappa shape index (κ3) is 1.70. The fourth-order valence-electron chi connectivity index (χ4n) is 1.28. The Morgan fingerprint density at radius 3 is 2.85 bits per heavy atom. The molecule has 0 amide bonds. The predicted octanol–water partition coefficient (Wildman–Crippen LogP) is 1.72. The third-order valence-electron chi connectivity index (χ3n) is 1.94. The van der Waals surface area contributed by atoms with Crippen LogP contribution >= 0.6 is 22.9 Å². The van der Waals surface area contributed by atoms with Gasteiger partial charge in [0.2, 0.25) is 0 Å². The highest BCUT2D eigenvalue weighted by molar-refractivity contribution is 7.16. The van der Waals surface area contributed by atoms with E-state index < -0.39 is 6.04 Å². The second kappa shape index (κ2) is 3.29. The molecule has 2 atom stereocenters. The summed E-state index contributed by atoms with van der Waals surface area (Å²) in [7, 11) is 0. The molecule has 1 aliphatic heterocycles. The largest absolute Gasteiger partial charge is 0.455 e. The fourth-order valence-corrected chi connectivity index (χ4v) is 2.38. The van der Waals surface area contributed by atoms with Gasteiger partial charge in [-0.1, -0.05) is 11.6 Å². The molecule has 1 aromatic rings. The number of cyclic esters (lactones) is 1. The Labute approximate surface area is 84.4 Å². The van der Waals surface area contributed by atoms with Gasteiger partial charge in [0.1, 0.15) is 12.1 Å². The average molecular weight is 218 g/mol. The molecule has 2 rings (SSSR count). The minimum atomic E-state index is -0.481. The van der Waals surface area contributed by atoms with E-state index in [9.17, 15) is 4.79 Å². The van der Waals surface area contributed by atoms with E-state index in [1.54, 1.807) is 6.07 Å². The van der Waals surface area contributed by atoms with E-state index in [0.29, 0.717) is 10.8 Å². The zero-order chi connectivity index (χ0) is 9.42. The number of rotatable bonds is 1. The SMILES string of the molecule is NC1CC(c2ccc(Cl)s2)OC1=O. The van der Waals surface area contributed by atoms with Gasteiger partial charge in [-0.05, 0) is 12.1 Å². The van der Waals surface area contributed by atoms with Crippen molar-refractivity contribution in [2.75, 3.05) is 0 Å². The molecule has 0 saturated carbocycles. The van der Waals surface area contributed by atoms with Crippen LogP contribution in [0, 0.1) is 0 Å². The number of hydrogen-bond donors (Lipinski definition) is 1. The van der Waals surface area contributed by atoms with E-state index in [0.717, 1.165) is 4.88 Å². The van der Waals surface area contributed by atoms with Crippen molar-refractivity contribution in [3.63, 3.8) is 0 Å². The summed E-state index contributed by atoms with van der Waals surface area (Å²) in [6.07, 6.45) is 0.357. The minimum absolute atomic E-state index is 0.194. The molecule has 3 nitrogen and oxygen atoms in total. The number of esters is 1. The van der Waals surface area contributed by atoms with Crippen LogP contribution in [0.5, 0.6) is 0 Å². The van der Waals surface area contributed by atoms with Gasteiger partial charge in [0.05, 0.1) is 4.34 Å². The highest BCUT2D eigenvalue weighted by Crippen LogP contribution is 2.35. The van der Waals surface area contributed by atoms with E-state index in [1.807, 2.05) is 6.07 Å². The first kappa shape index (κ1) is 8.99. The Morgan fingerprint density at radius 1 is 1.62 bits per heavy atom. The van der Waals surface area contributed by atoms with Gasteiger partial charge in [-0.25, -0.2) is 0 Å². The molecule has 70 valence electrons. The van der Waals surface area contributed by atoms with Crippen molar-refractivity contribution >= 4 is 28.9 Å². The van der Waals surface area contributed by atoms with Crippen molar-refractivity contribution in [2.45, 2.75) is 18.6 Å². The molecule has 0 aliphatic carbocycles. The lowest BCUT2D eigenvalue weighted by atomic mass is 10.1. The van der Waals surface area contributed by atoms with E-state index in [4.69, 9.17) is 22.1 Å². The molecule has 5 heteroatoms. The van der Waals surface area contributed by atoms with Gasteiger partial charge in [0.15, 0.2) is 0 Å². The standard InChI is InChI=1S/C8H8ClNO2S/c9-7-2-1-6(13-7)5-3-4(10)8(11)12-5/h1-2,4-5H,3,10H2. The third-order valence-corrected chi connectivity index (χ3v) is 3.26. The lowest BCUT2D eigenvalue weighted by Crippen LogP contribution is -2.24. The summed E-state index contributed by atoms with van der Waals surface area (Å²) in [5.74, 6) is -0.325. The van der Waals surface area contributed by atoms with E-state index in [2.05, 4.69) is 0 Å². The Morgan fingerprint density at radius 2 is 2.38 bits per heavy atom. The first-order chi connectivity index (χ1) is 6.16.